The molecule has 1 amide bonds. The second-order valence-corrected chi connectivity index (χ2v) is 9.92. The zero-order valence-corrected chi connectivity index (χ0v) is 20.1. The van der Waals surface area contributed by atoms with E-state index in [2.05, 4.69) is 50.2 Å². The fourth-order valence-corrected chi connectivity index (χ4v) is 4.34. The number of fused-ring (bicyclic) bond motifs is 1. The molecule has 0 aromatic carbocycles. The van der Waals surface area contributed by atoms with Crippen LogP contribution in [0.3, 0.4) is 0 Å². The molecule has 3 atom stereocenters. The Morgan fingerprint density at radius 2 is 2.06 bits per heavy atom. The smallest absolute Gasteiger partial charge is 0.276 e. The molecule has 1 aromatic heterocycles. The number of amides is 1. The van der Waals surface area contributed by atoms with Crippen LogP contribution in [-0.2, 0) is 13.0 Å². The van der Waals surface area contributed by atoms with Crippen molar-refractivity contribution >= 4 is 5.91 Å². The molecule has 174 valence electrons. The fourth-order valence-electron chi connectivity index (χ4n) is 4.34. The predicted octanol–water partition coefficient (Wildman–Crippen LogP) is 5.63. The Hall–Kier alpha value is -1.72. The standard InChI is InChI=1S/C22H35N3O2.C4H8/c1-5-7-18(11-17(4)10-16(3)6-2)14-25-9-8-19-12-20(22(26)24-27)13-23-21(19)15-25;1-4-2-3-4/h5,12-13,16-18,27H,1,6-11,14-15H2,2-4H3,(H,24,26);4H,2-3H2,1H3. The topological polar surface area (TPSA) is 65.5 Å². The van der Waals surface area contributed by atoms with Crippen LogP contribution in [0.25, 0.3) is 0 Å². The number of pyridine rings is 1. The van der Waals surface area contributed by atoms with E-state index in [9.17, 15) is 4.79 Å². The van der Waals surface area contributed by atoms with Crippen LogP contribution in [0.5, 0.6) is 0 Å². The molecule has 1 aliphatic heterocycles. The van der Waals surface area contributed by atoms with E-state index in [1.807, 2.05) is 6.07 Å². The van der Waals surface area contributed by atoms with Gasteiger partial charge in [0.1, 0.15) is 0 Å². The zero-order chi connectivity index (χ0) is 22.8. The molecule has 3 rings (SSSR count). The lowest BCUT2D eigenvalue weighted by molar-refractivity contribution is 0.0705. The zero-order valence-electron chi connectivity index (χ0n) is 20.1. The van der Waals surface area contributed by atoms with Crippen molar-refractivity contribution < 1.29 is 10.0 Å². The second kappa shape index (κ2) is 13.0. The molecule has 0 bridgehead atoms. The third-order valence-corrected chi connectivity index (χ3v) is 6.61. The van der Waals surface area contributed by atoms with Crippen LogP contribution in [-0.4, -0.2) is 34.1 Å². The summed E-state index contributed by atoms with van der Waals surface area (Å²) in [7, 11) is 0. The molecule has 0 radical (unpaired) electrons. The lowest BCUT2D eigenvalue weighted by atomic mass is 9.86. The van der Waals surface area contributed by atoms with Gasteiger partial charge in [-0.3, -0.25) is 19.9 Å². The molecule has 1 aliphatic carbocycles. The molecule has 5 nitrogen and oxygen atoms in total. The summed E-state index contributed by atoms with van der Waals surface area (Å²) in [4.78, 5) is 18.5. The molecule has 2 N–H and O–H groups in total. The van der Waals surface area contributed by atoms with Crippen molar-refractivity contribution in [2.75, 3.05) is 13.1 Å². The van der Waals surface area contributed by atoms with E-state index < -0.39 is 5.91 Å². The number of nitrogens with zero attached hydrogens (tertiary/aromatic N) is 2. The van der Waals surface area contributed by atoms with E-state index in [1.165, 1.54) is 32.1 Å². The Morgan fingerprint density at radius 1 is 1.35 bits per heavy atom. The average molecular weight is 430 g/mol. The van der Waals surface area contributed by atoms with Gasteiger partial charge >= 0.3 is 0 Å². The Balaban J connectivity index is 0.000000762. The highest BCUT2D eigenvalue weighted by Gasteiger charge is 2.23. The molecular weight excluding hydrogens is 386 g/mol. The van der Waals surface area contributed by atoms with Gasteiger partial charge in [0.2, 0.25) is 0 Å². The van der Waals surface area contributed by atoms with Gasteiger partial charge in [0.15, 0.2) is 0 Å². The van der Waals surface area contributed by atoms with Gasteiger partial charge in [-0.05, 0) is 61.0 Å². The van der Waals surface area contributed by atoms with E-state index in [0.29, 0.717) is 11.5 Å². The monoisotopic (exact) mass is 429 g/mol. The number of hydroxylamine groups is 1. The molecule has 5 heteroatoms. The highest BCUT2D eigenvalue weighted by Crippen LogP contribution is 2.27. The maximum absolute atomic E-state index is 11.6. The molecule has 0 saturated heterocycles. The number of nitrogens with one attached hydrogen (secondary N) is 1. The van der Waals surface area contributed by atoms with Crippen molar-refractivity contribution in [3.05, 3.63) is 41.7 Å². The average Bonchev–Trinajstić information content (AvgIpc) is 3.55. The van der Waals surface area contributed by atoms with Gasteiger partial charge in [-0.25, -0.2) is 5.48 Å². The fraction of sp³-hybridized carbons (Fsp3) is 0.692. The molecule has 31 heavy (non-hydrogen) atoms. The molecule has 2 aliphatic rings. The summed E-state index contributed by atoms with van der Waals surface area (Å²) < 4.78 is 0. The van der Waals surface area contributed by atoms with Crippen molar-refractivity contribution in [2.24, 2.45) is 23.7 Å². The number of carbonyl (C=O) groups is 1. The Morgan fingerprint density at radius 3 is 2.65 bits per heavy atom. The third-order valence-electron chi connectivity index (χ3n) is 6.61. The first-order chi connectivity index (χ1) is 14.9. The summed E-state index contributed by atoms with van der Waals surface area (Å²) in [5, 5.41) is 8.78. The quantitative estimate of drug-likeness (QED) is 0.287. The van der Waals surface area contributed by atoms with Crippen LogP contribution >= 0.6 is 0 Å². The number of hydrogen-bond donors (Lipinski definition) is 2. The molecule has 1 aromatic rings. The predicted molar refractivity (Wildman–Crippen MR) is 127 cm³/mol. The summed E-state index contributed by atoms with van der Waals surface area (Å²) in [5.74, 6) is 2.73. The van der Waals surface area contributed by atoms with Gasteiger partial charge in [-0.1, -0.05) is 53.0 Å². The minimum Gasteiger partial charge on any atom is -0.297 e. The summed E-state index contributed by atoms with van der Waals surface area (Å²) in [6.07, 6.45) is 12.3. The second-order valence-electron chi connectivity index (χ2n) is 9.92. The van der Waals surface area contributed by atoms with Gasteiger partial charge in [0.05, 0.1) is 11.3 Å². The van der Waals surface area contributed by atoms with Crippen molar-refractivity contribution in [1.82, 2.24) is 15.4 Å². The van der Waals surface area contributed by atoms with E-state index >= 15 is 0 Å². The van der Waals surface area contributed by atoms with Gasteiger partial charge in [-0.2, -0.15) is 0 Å². The Bertz CT molecular complexity index is 702. The lowest BCUT2D eigenvalue weighted by Crippen LogP contribution is -2.36. The maximum Gasteiger partial charge on any atom is 0.276 e. The third kappa shape index (κ3) is 9.12. The van der Waals surface area contributed by atoms with Crippen LogP contribution < -0.4 is 5.48 Å². The summed E-state index contributed by atoms with van der Waals surface area (Å²) in [6, 6.07) is 1.85. The van der Waals surface area contributed by atoms with E-state index in [1.54, 1.807) is 11.7 Å². The van der Waals surface area contributed by atoms with Gasteiger partial charge < -0.3 is 0 Å². The van der Waals surface area contributed by atoms with Crippen LogP contribution in [0.4, 0.5) is 0 Å². The van der Waals surface area contributed by atoms with Crippen LogP contribution in [0.1, 0.15) is 87.8 Å². The normalized spacial score (nSPS) is 18.7. The van der Waals surface area contributed by atoms with E-state index in [4.69, 9.17) is 5.21 Å². The van der Waals surface area contributed by atoms with Gasteiger partial charge in [0, 0.05) is 25.8 Å². The number of carbonyl (C=O) groups excluding carboxylic acids is 1. The Kier molecular flexibility index (Phi) is 10.7. The minimum atomic E-state index is -0.505. The SMILES string of the molecule is C=CCC(CC(C)CC(C)CC)CN1CCc2cc(C(=O)NO)cnc2C1.CC1CC1. The van der Waals surface area contributed by atoms with E-state index in [0.717, 1.165) is 61.5 Å². The largest absolute Gasteiger partial charge is 0.297 e. The number of allylic oxidation sites excluding steroid dienone is 1. The van der Waals surface area contributed by atoms with Crippen molar-refractivity contribution in [3.63, 3.8) is 0 Å². The van der Waals surface area contributed by atoms with Crippen molar-refractivity contribution in [1.29, 1.82) is 0 Å². The maximum atomic E-state index is 11.6. The van der Waals surface area contributed by atoms with Crippen LogP contribution in [0.2, 0.25) is 0 Å². The number of rotatable bonds is 10. The van der Waals surface area contributed by atoms with Crippen LogP contribution in [0.15, 0.2) is 24.9 Å². The molecule has 0 spiro atoms. The Labute approximate surface area is 189 Å². The van der Waals surface area contributed by atoms with E-state index in [-0.39, 0.29) is 0 Å². The molecule has 3 unspecified atom stereocenters. The molecule has 1 fully saturated rings. The highest BCUT2D eigenvalue weighted by atomic mass is 16.5. The molecular formula is C26H43N3O2. The lowest BCUT2D eigenvalue weighted by Gasteiger charge is -2.32. The molecule has 2 heterocycles. The molecule has 1 saturated carbocycles. The van der Waals surface area contributed by atoms with Crippen molar-refractivity contribution in [3.8, 4) is 0 Å². The van der Waals surface area contributed by atoms with Gasteiger partial charge in [0.25, 0.3) is 5.91 Å². The van der Waals surface area contributed by atoms with Gasteiger partial charge in [-0.15, -0.1) is 6.58 Å². The first kappa shape index (κ1) is 25.5. The summed E-state index contributed by atoms with van der Waals surface area (Å²) in [6.45, 7) is 16.1. The number of hydrogen-bond acceptors (Lipinski definition) is 4. The first-order valence-electron chi connectivity index (χ1n) is 12.1. The van der Waals surface area contributed by atoms with Crippen LogP contribution in [0, 0.1) is 23.7 Å². The highest BCUT2D eigenvalue weighted by molar-refractivity contribution is 5.93. The van der Waals surface area contributed by atoms with Crippen molar-refractivity contribution in [2.45, 2.75) is 79.2 Å². The summed E-state index contributed by atoms with van der Waals surface area (Å²) >= 11 is 0. The minimum absolute atomic E-state index is 0.410. The number of aromatic nitrogens is 1. The summed E-state index contributed by atoms with van der Waals surface area (Å²) in [5.41, 5.74) is 4.24. The first-order valence-corrected chi connectivity index (χ1v) is 12.1.